The van der Waals surface area contributed by atoms with Gasteiger partial charge in [0.2, 0.25) is 11.5 Å². The Morgan fingerprint density at radius 1 is 1.28 bits per heavy atom. The number of nitrogens with zero attached hydrogens (tertiary/aromatic N) is 2. The van der Waals surface area contributed by atoms with Crippen molar-refractivity contribution in [2.75, 3.05) is 20.8 Å². The number of urea groups is 1. The van der Waals surface area contributed by atoms with E-state index in [1.54, 1.807) is 6.92 Å². The molecule has 1 fully saturated rings. The van der Waals surface area contributed by atoms with Crippen LogP contribution in [0.2, 0.25) is 0 Å². The SMILES string of the molecule is CCOc1c(OC)cc(/C=C2\NC(=O)N(Cc3ccc(C(=O)OC)o3)C2=O)cc1[N+](=O)[O-]. The van der Waals surface area contributed by atoms with Crippen molar-refractivity contribution in [2.45, 2.75) is 13.5 Å². The maximum Gasteiger partial charge on any atom is 0.373 e. The van der Waals surface area contributed by atoms with Gasteiger partial charge in [-0.3, -0.25) is 19.8 Å². The second-order valence-corrected chi connectivity index (χ2v) is 6.40. The van der Waals surface area contributed by atoms with Crippen molar-refractivity contribution >= 4 is 29.7 Å². The highest BCUT2D eigenvalue weighted by Gasteiger charge is 2.34. The first-order chi connectivity index (χ1) is 15.3. The van der Waals surface area contributed by atoms with Gasteiger partial charge in [-0.15, -0.1) is 0 Å². The van der Waals surface area contributed by atoms with Crippen LogP contribution in [0, 0.1) is 10.1 Å². The summed E-state index contributed by atoms with van der Waals surface area (Å²) in [7, 11) is 2.52. The van der Waals surface area contributed by atoms with Crippen LogP contribution in [0.1, 0.15) is 28.8 Å². The minimum atomic E-state index is -0.718. The van der Waals surface area contributed by atoms with Crippen LogP contribution in [0.25, 0.3) is 6.08 Å². The second-order valence-electron chi connectivity index (χ2n) is 6.40. The van der Waals surface area contributed by atoms with E-state index in [9.17, 15) is 24.5 Å². The predicted molar refractivity (Wildman–Crippen MR) is 108 cm³/mol. The maximum absolute atomic E-state index is 12.7. The average Bonchev–Trinajstić information content (AvgIpc) is 3.34. The third-order valence-corrected chi connectivity index (χ3v) is 4.40. The minimum Gasteiger partial charge on any atom is -0.493 e. The molecule has 1 aromatic carbocycles. The molecule has 0 bridgehead atoms. The molecule has 1 saturated heterocycles. The maximum atomic E-state index is 12.7. The van der Waals surface area contributed by atoms with Crippen molar-refractivity contribution in [3.8, 4) is 11.5 Å². The van der Waals surface area contributed by atoms with Gasteiger partial charge in [-0.1, -0.05) is 0 Å². The highest BCUT2D eigenvalue weighted by atomic mass is 16.6. The van der Waals surface area contributed by atoms with Crippen molar-refractivity contribution < 1.29 is 37.9 Å². The zero-order chi connectivity index (χ0) is 23.4. The average molecular weight is 445 g/mol. The molecule has 0 aliphatic carbocycles. The van der Waals surface area contributed by atoms with Gasteiger partial charge in [-0.25, -0.2) is 9.59 Å². The topological polar surface area (TPSA) is 150 Å². The Kier molecular flexibility index (Phi) is 6.42. The zero-order valence-electron chi connectivity index (χ0n) is 17.4. The van der Waals surface area contributed by atoms with E-state index in [4.69, 9.17) is 13.9 Å². The number of carbonyl (C=O) groups is 3. The lowest BCUT2D eigenvalue weighted by molar-refractivity contribution is -0.385. The fraction of sp³-hybridized carbons (Fsp3) is 0.250. The molecule has 12 nitrogen and oxygen atoms in total. The van der Waals surface area contributed by atoms with E-state index in [0.29, 0.717) is 0 Å². The molecule has 12 heteroatoms. The van der Waals surface area contributed by atoms with E-state index in [0.717, 1.165) is 4.90 Å². The van der Waals surface area contributed by atoms with Crippen LogP contribution in [0.5, 0.6) is 11.5 Å². The fourth-order valence-corrected chi connectivity index (χ4v) is 2.98. The zero-order valence-corrected chi connectivity index (χ0v) is 17.4. The van der Waals surface area contributed by atoms with E-state index >= 15 is 0 Å². The molecular weight excluding hydrogens is 426 g/mol. The third kappa shape index (κ3) is 4.38. The molecule has 0 radical (unpaired) electrons. The lowest BCUT2D eigenvalue weighted by Crippen LogP contribution is -2.30. The molecule has 1 aliphatic heterocycles. The number of imide groups is 1. The van der Waals surface area contributed by atoms with Gasteiger partial charge in [-0.2, -0.15) is 0 Å². The normalized spacial score (nSPS) is 14.5. The number of nitro groups is 1. The summed E-state index contributed by atoms with van der Waals surface area (Å²) in [6.07, 6.45) is 1.29. The summed E-state index contributed by atoms with van der Waals surface area (Å²) >= 11 is 0. The summed E-state index contributed by atoms with van der Waals surface area (Å²) in [5.74, 6) is -1.19. The van der Waals surface area contributed by atoms with Gasteiger partial charge in [0.05, 0.1) is 32.3 Å². The Balaban J connectivity index is 1.88. The van der Waals surface area contributed by atoms with Gasteiger partial charge in [0.15, 0.2) is 5.75 Å². The number of furan rings is 1. The van der Waals surface area contributed by atoms with Gasteiger partial charge < -0.3 is 23.9 Å². The number of benzene rings is 1. The lowest BCUT2D eigenvalue weighted by Gasteiger charge is -2.11. The standard InChI is InChI=1S/C20H19N3O9/c1-4-31-17-14(23(27)28)8-11(9-16(17)29-2)7-13-18(24)22(20(26)21-13)10-12-5-6-15(32-12)19(25)30-3/h5-9H,4,10H2,1-3H3,(H,21,26)/b13-7-. The number of nitrogens with one attached hydrogen (secondary N) is 1. The Morgan fingerprint density at radius 2 is 2.03 bits per heavy atom. The summed E-state index contributed by atoms with van der Waals surface area (Å²) in [6, 6.07) is 4.74. The first kappa shape index (κ1) is 22.3. The van der Waals surface area contributed by atoms with Crippen molar-refractivity contribution in [3.05, 3.63) is 57.2 Å². The van der Waals surface area contributed by atoms with E-state index < -0.39 is 22.8 Å². The molecule has 168 valence electrons. The molecule has 1 N–H and O–H groups in total. The monoisotopic (exact) mass is 445 g/mol. The summed E-state index contributed by atoms with van der Waals surface area (Å²) in [5, 5.41) is 13.9. The molecule has 1 aromatic heterocycles. The molecule has 2 aromatic rings. The second kappa shape index (κ2) is 9.20. The van der Waals surface area contributed by atoms with Crippen LogP contribution in [0.3, 0.4) is 0 Å². The molecule has 3 rings (SSSR count). The predicted octanol–water partition coefficient (Wildman–Crippen LogP) is 2.47. The Bertz CT molecular complexity index is 1120. The number of amides is 3. The van der Waals surface area contributed by atoms with Crippen molar-refractivity contribution in [3.63, 3.8) is 0 Å². The van der Waals surface area contributed by atoms with Gasteiger partial charge >= 0.3 is 17.7 Å². The number of carbonyl (C=O) groups excluding carboxylic acids is 3. The molecule has 0 saturated carbocycles. The quantitative estimate of drug-likeness (QED) is 0.212. The van der Waals surface area contributed by atoms with E-state index in [1.165, 1.54) is 44.6 Å². The van der Waals surface area contributed by atoms with Gasteiger partial charge in [-0.05, 0) is 36.8 Å². The van der Waals surface area contributed by atoms with Gasteiger partial charge in [0, 0.05) is 6.07 Å². The lowest BCUT2D eigenvalue weighted by atomic mass is 10.1. The van der Waals surface area contributed by atoms with Crippen LogP contribution < -0.4 is 14.8 Å². The number of hydrogen-bond acceptors (Lipinski definition) is 9. The third-order valence-electron chi connectivity index (χ3n) is 4.40. The van der Waals surface area contributed by atoms with Crippen LogP contribution >= 0.6 is 0 Å². The van der Waals surface area contributed by atoms with Crippen LogP contribution in [-0.4, -0.2) is 48.6 Å². The molecule has 0 unspecified atom stereocenters. The van der Waals surface area contributed by atoms with Crippen molar-refractivity contribution in [1.82, 2.24) is 10.2 Å². The van der Waals surface area contributed by atoms with Crippen LogP contribution in [0.15, 0.2) is 34.4 Å². The van der Waals surface area contributed by atoms with Crippen molar-refractivity contribution in [1.29, 1.82) is 0 Å². The number of nitro benzene ring substituents is 1. The summed E-state index contributed by atoms with van der Waals surface area (Å²) < 4.78 is 20.3. The number of ether oxygens (including phenoxy) is 3. The molecule has 0 atom stereocenters. The molecule has 0 spiro atoms. The number of methoxy groups -OCH3 is 2. The first-order valence-electron chi connectivity index (χ1n) is 9.29. The molecule has 2 heterocycles. The highest BCUT2D eigenvalue weighted by Crippen LogP contribution is 2.39. The van der Waals surface area contributed by atoms with E-state index in [1.807, 2.05) is 0 Å². The number of esters is 1. The Morgan fingerprint density at radius 3 is 2.66 bits per heavy atom. The summed E-state index contributed by atoms with van der Waals surface area (Å²) in [6.45, 7) is 1.63. The molecule has 1 aliphatic rings. The minimum absolute atomic E-state index is 0.0372. The molecular formula is C20H19N3O9. The smallest absolute Gasteiger partial charge is 0.373 e. The number of hydrogen-bond donors (Lipinski definition) is 1. The van der Waals surface area contributed by atoms with Crippen LogP contribution in [-0.2, 0) is 16.1 Å². The van der Waals surface area contributed by atoms with Gasteiger partial charge in [0.1, 0.15) is 11.5 Å². The summed E-state index contributed by atoms with van der Waals surface area (Å²) in [5.41, 5.74) is -0.207. The van der Waals surface area contributed by atoms with Crippen molar-refractivity contribution in [2.24, 2.45) is 0 Å². The first-order valence-corrected chi connectivity index (χ1v) is 9.29. The molecule has 3 amide bonds. The number of rotatable bonds is 8. The highest BCUT2D eigenvalue weighted by molar-refractivity contribution is 6.13. The van der Waals surface area contributed by atoms with Gasteiger partial charge in [0.25, 0.3) is 5.91 Å². The fourth-order valence-electron chi connectivity index (χ4n) is 2.98. The molecule has 32 heavy (non-hydrogen) atoms. The Hall–Kier alpha value is -4.35. The van der Waals surface area contributed by atoms with E-state index in [-0.39, 0.29) is 53.1 Å². The largest absolute Gasteiger partial charge is 0.493 e. The Labute approximate surface area is 181 Å². The van der Waals surface area contributed by atoms with E-state index in [2.05, 4.69) is 10.1 Å². The summed E-state index contributed by atoms with van der Waals surface area (Å²) in [4.78, 5) is 48.2. The van der Waals surface area contributed by atoms with Crippen LogP contribution in [0.4, 0.5) is 10.5 Å².